The van der Waals surface area contributed by atoms with Gasteiger partial charge in [0, 0.05) is 26.7 Å². The van der Waals surface area contributed by atoms with Crippen molar-refractivity contribution >= 4 is 17.8 Å². The summed E-state index contributed by atoms with van der Waals surface area (Å²) in [5.74, 6) is 1.98. The molecular formula is C13H22N6O. The van der Waals surface area contributed by atoms with Crippen LogP contribution in [0.15, 0.2) is 0 Å². The van der Waals surface area contributed by atoms with Crippen LogP contribution in [-0.4, -0.2) is 53.8 Å². The topological polar surface area (TPSA) is 75.2 Å². The Bertz CT molecular complexity index is 468. The molecule has 7 nitrogen and oxygen atoms in total. The fraction of sp³-hybridized carbons (Fsp3) is 0.769. The van der Waals surface area contributed by atoms with Crippen LogP contribution in [0.4, 0.5) is 17.8 Å². The van der Waals surface area contributed by atoms with E-state index in [-0.39, 0.29) is 5.54 Å². The highest BCUT2D eigenvalue weighted by Crippen LogP contribution is 2.24. The number of rotatable bonds is 4. The highest BCUT2D eigenvalue weighted by Gasteiger charge is 2.31. The molecule has 1 unspecified atom stereocenters. The average molecular weight is 278 g/mol. The molecule has 20 heavy (non-hydrogen) atoms. The Morgan fingerprint density at radius 2 is 1.90 bits per heavy atom. The van der Waals surface area contributed by atoms with Gasteiger partial charge in [0.25, 0.3) is 0 Å². The Morgan fingerprint density at radius 3 is 2.55 bits per heavy atom. The molecule has 7 heteroatoms. The molecule has 0 aromatic carbocycles. The molecule has 0 amide bonds. The van der Waals surface area contributed by atoms with Gasteiger partial charge < -0.3 is 20.3 Å². The van der Waals surface area contributed by atoms with E-state index < -0.39 is 0 Å². The zero-order valence-electron chi connectivity index (χ0n) is 12.1. The molecule has 2 saturated heterocycles. The summed E-state index contributed by atoms with van der Waals surface area (Å²) in [7, 11) is 1.83. The number of nitrogens with one attached hydrogen (secondary N) is 2. The van der Waals surface area contributed by atoms with E-state index in [9.17, 15) is 0 Å². The van der Waals surface area contributed by atoms with Crippen molar-refractivity contribution in [2.24, 2.45) is 0 Å². The zero-order chi connectivity index (χ0) is 14.0. The largest absolute Gasteiger partial charge is 0.379 e. The molecule has 2 fully saturated rings. The predicted octanol–water partition coefficient (Wildman–Crippen LogP) is 1.10. The maximum atomic E-state index is 5.46. The second kappa shape index (κ2) is 5.40. The van der Waals surface area contributed by atoms with Gasteiger partial charge in [0.1, 0.15) is 0 Å². The first kappa shape index (κ1) is 13.4. The van der Waals surface area contributed by atoms with E-state index in [1.54, 1.807) is 0 Å². The molecule has 3 heterocycles. The van der Waals surface area contributed by atoms with E-state index in [2.05, 4.69) is 37.4 Å². The molecule has 1 atom stereocenters. The van der Waals surface area contributed by atoms with Gasteiger partial charge in [-0.05, 0) is 26.2 Å². The van der Waals surface area contributed by atoms with Crippen LogP contribution in [0.1, 0.15) is 26.2 Å². The van der Waals surface area contributed by atoms with Crippen LogP contribution in [0.3, 0.4) is 0 Å². The minimum absolute atomic E-state index is 0.0886. The summed E-state index contributed by atoms with van der Waals surface area (Å²) >= 11 is 0. The first-order valence-corrected chi connectivity index (χ1v) is 7.23. The third kappa shape index (κ3) is 2.77. The number of hydrogen-bond donors (Lipinski definition) is 2. The van der Waals surface area contributed by atoms with Crippen molar-refractivity contribution in [3.05, 3.63) is 0 Å². The van der Waals surface area contributed by atoms with Gasteiger partial charge in [-0.25, -0.2) is 0 Å². The van der Waals surface area contributed by atoms with E-state index in [1.807, 2.05) is 7.05 Å². The highest BCUT2D eigenvalue weighted by molar-refractivity contribution is 5.45. The Kier molecular flexibility index (Phi) is 3.60. The molecule has 0 aliphatic carbocycles. The summed E-state index contributed by atoms with van der Waals surface area (Å²) in [4.78, 5) is 15.6. The van der Waals surface area contributed by atoms with Crippen LogP contribution in [-0.2, 0) is 4.74 Å². The molecule has 0 saturated carbocycles. The minimum Gasteiger partial charge on any atom is -0.379 e. The number of aromatic nitrogens is 3. The average Bonchev–Trinajstić information content (AvgIpc) is 3.09. The van der Waals surface area contributed by atoms with Crippen molar-refractivity contribution in [1.29, 1.82) is 0 Å². The minimum atomic E-state index is -0.0886. The van der Waals surface area contributed by atoms with Gasteiger partial charge in [0.05, 0.1) is 12.1 Å². The van der Waals surface area contributed by atoms with E-state index in [0.29, 0.717) is 18.5 Å². The van der Waals surface area contributed by atoms with E-state index >= 15 is 0 Å². The maximum Gasteiger partial charge on any atom is 0.231 e. The fourth-order valence-corrected chi connectivity index (χ4v) is 2.63. The lowest BCUT2D eigenvalue weighted by atomic mass is 10.0. The van der Waals surface area contributed by atoms with E-state index in [4.69, 9.17) is 4.74 Å². The van der Waals surface area contributed by atoms with Gasteiger partial charge in [-0.1, -0.05) is 0 Å². The SMILES string of the molecule is CNc1nc(NC2(C)CCOC2)nc(N2CCCC2)n1. The van der Waals surface area contributed by atoms with Gasteiger partial charge in [0.15, 0.2) is 0 Å². The number of anilines is 3. The standard InChI is InChI=1S/C13H22N6O/c1-13(5-8-20-9-13)18-11-15-10(14-2)16-12(17-11)19-6-3-4-7-19/h3-9H2,1-2H3,(H2,14,15,16,17,18). The zero-order valence-corrected chi connectivity index (χ0v) is 12.1. The van der Waals surface area contributed by atoms with Crippen molar-refractivity contribution in [3.8, 4) is 0 Å². The fourth-order valence-electron chi connectivity index (χ4n) is 2.63. The van der Waals surface area contributed by atoms with Crippen molar-refractivity contribution in [2.45, 2.75) is 31.7 Å². The normalized spacial score (nSPS) is 26.0. The lowest BCUT2D eigenvalue weighted by Crippen LogP contribution is -2.36. The third-order valence-electron chi connectivity index (χ3n) is 3.87. The van der Waals surface area contributed by atoms with Crippen molar-refractivity contribution in [1.82, 2.24) is 15.0 Å². The second-order valence-electron chi connectivity index (χ2n) is 5.72. The summed E-state index contributed by atoms with van der Waals surface area (Å²) in [5, 5.41) is 6.41. The van der Waals surface area contributed by atoms with Gasteiger partial charge in [0.2, 0.25) is 17.8 Å². The van der Waals surface area contributed by atoms with Crippen LogP contribution in [0.5, 0.6) is 0 Å². The van der Waals surface area contributed by atoms with Gasteiger partial charge in [-0.2, -0.15) is 15.0 Å². The molecule has 1 aromatic rings. The molecule has 3 rings (SSSR count). The number of hydrogen-bond acceptors (Lipinski definition) is 7. The van der Waals surface area contributed by atoms with Crippen LogP contribution < -0.4 is 15.5 Å². The molecule has 2 aliphatic heterocycles. The first-order valence-electron chi connectivity index (χ1n) is 7.23. The quantitative estimate of drug-likeness (QED) is 0.854. The molecule has 2 N–H and O–H groups in total. The first-order chi connectivity index (χ1) is 9.68. The molecule has 0 radical (unpaired) electrons. The van der Waals surface area contributed by atoms with Gasteiger partial charge in [-0.3, -0.25) is 0 Å². The second-order valence-corrected chi connectivity index (χ2v) is 5.72. The molecule has 2 aliphatic rings. The van der Waals surface area contributed by atoms with E-state index in [1.165, 1.54) is 12.8 Å². The van der Waals surface area contributed by atoms with Crippen molar-refractivity contribution < 1.29 is 4.74 Å². The highest BCUT2D eigenvalue weighted by atomic mass is 16.5. The number of nitrogens with zero attached hydrogens (tertiary/aromatic N) is 4. The van der Waals surface area contributed by atoms with Crippen molar-refractivity contribution in [2.75, 3.05) is 48.9 Å². The Balaban J connectivity index is 1.83. The van der Waals surface area contributed by atoms with Gasteiger partial charge >= 0.3 is 0 Å². The Hall–Kier alpha value is -1.63. The molecule has 110 valence electrons. The van der Waals surface area contributed by atoms with Crippen LogP contribution in [0.2, 0.25) is 0 Å². The molecular weight excluding hydrogens is 256 g/mol. The third-order valence-corrected chi connectivity index (χ3v) is 3.87. The lowest BCUT2D eigenvalue weighted by Gasteiger charge is -2.24. The lowest BCUT2D eigenvalue weighted by molar-refractivity contribution is 0.185. The Labute approximate surface area is 119 Å². The molecule has 1 aromatic heterocycles. The number of ether oxygens (including phenoxy) is 1. The summed E-state index contributed by atoms with van der Waals surface area (Å²) in [6.45, 7) is 5.65. The van der Waals surface area contributed by atoms with Gasteiger partial charge in [-0.15, -0.1) is 0 Å². The van der Waals surface area contributed by atoms with Crippen LogP contribution in [0, 0.1) is 0 Å². The smallest absolute Gasteiger partial charge is 0.231 e. The predicted molar refractivity (Wildman–Crippen MR) is 78.3 cm³/mol. The summed E-state index contributed by atoms with van der Waals surface area (Å²) < 4.78 is 5.46. The maximum absolute atomic E-state index is 5.46. The van der Waals surface area contributed by atoms with E-state index in [0.717, 1.165) is 32.1 Å². The summed E-state index contributed by atoms with van der Waals surface area (Å²) in [6, 6.07) is 0. The summed E-state index contributed by atoms with van der Waals surface area (Å²) in [6.07, 6.45) is 3.37. The van der Waals surface area contributed by atoms with Crippen LogP contribution in [0.25, 0.3) is 0 Å². The Morgan fingerprint density at radius 1 is 1.15 bits per heavy atom. The molecule has 0 spiro atoms. The monoisotopic (exact) mass is 278 g/mol. The summed E-state index contributed by atoms with van der Waals surface area (Å²) in [5.41, 5.74) is -0.0886. The molecule has 0 bridgehead atoms. The van der Waals surface area contributed by atoms with Crippen LogP contribution >= 0.6 is 0 Å². The van der Waals surface area contributed by atoms with Crippen molar-refractivity contribution in [3.63, 3.8) is 0 Å².